The monoisotopic (exact) mass is 388 g/mol. The maximum atomic E-state index is 13.0. The molecule has 0 fully saturated rings. The van der Waals surface area contributed by atoms with Crippen LogP contribution in [0.5, 0.6) is 0 Å². The van der Waals surface area contributed by atoms with Crippen molar-refractivity contribution in [3.8, 4) is 0 Å². The molecule has 3 aromatic carbocycles. The number of carbonyl (C=O) groups is 3. The van der Waals surface area contributed by atoms with Gasteiger partial charge in [-0.15, -0.1) is 0 Å². The summed E-state index contributed by atoms with van der Waals surface area (Å²) in [5.41, 5.74) is 1.86. The van der Waals surface area contributed by atoms with Crippen molar-refractivity contribution in [1.29, 1.82) is 0 Å². The van der Waals surface area contributed by atoms with Gasteiger partial charge in [-0.1, -0.05) is 60.7 Å². The molecular formula is C23H20N2O4. The lowest BCUT2D eigenvalue weighted by Gasteiger charge is -2.22. The smallest absolute Gasteiger partial charge is 0.339 e. The summed E-state index contributed by atoms with van der Waals surface area (Å²) in [6.07, 6.45) is 0. The number of hydrogen-bond acceptors (Lipinski definition) is 4. The molecule has 0 spiro atoms. The minimum Gasteiger partial charge on any atom is -0.465 e. The quantitative estimate of drug-likeness (QED) is 0.535. The zero-order valence-corrected chi connectivity index (χ0v) is 15.9. The number of nitrogens with one attached hydrogen (secondary N) is 1. The average Bonchev–Trinajstić information content (AvgIpc) is 2.78. The highest BCUT2D eigenvalue weighted by Crippen LogP contribution is 2.20. The number of hydrogen-bond donors (Lipinski definition) is 1. The van der Waals surface area contributed by atoms with Crippen LogP contribution in [0.3, 0.4) is 0 Å². The van der Waals surface area contributed by atoms with Crippen LogP contribution in [0, 0.1) is 0 Å². The highest BCUT2D eigenvalue weighted by Gasteiger charge is 2.25. The van der Waals surface area contributed by atoms with Crippen LogP contribution >= 0.6 is 0 Å². The molecule has 0 unspecified atom stereocenters. The molecule has 0 aliphatic carbocycles. The number of ether oxygens (including phenoxy) is 1. The molecule has 2 amide bonds. The van der Waals surface area contributed by atoms with Crippen molar-refractivity contribution in [3.63, 3.8) is 0 Å². The Balaban J connectivity index is 1.86. The second-order valence-corrected chi connectivity index (χ2v) is 6.20. The number of methoxy groups -OCH3 is 1. The summed E-state index contributed by atoms with van der Waals surface area (Å²) in [4.78, 5) is 39.0. The van der Waals surface area contributed by atoms with Gasteiger partial charge in [0.05, 0.1) is 24.9 Å². The van der Waals surface area contributed by atoms with Crippen molar-refractivity contribution in [3.05, 3.63) is 96.1 Å². The largest absolute Gasteiger partial charge is 0.465 e. The van der Waals surface area contributed by atoms with Gasteiger partial charge in [-0.05, 0) is 29.8 Å². The van der Waals surface area contributed by atoms with E-state index < -0.39 is 17.8 Å². The van der Waals surface area contributed by atoms with E-state index in [4.69, 9.17) is 4.74 Å². The SMILES string of the molecule is COC(=O)c1ccccc1NC(=O)C(=O)N(Cc1ccccc1)c1ccccc1. The zero-order valence-electron chi connectivity index (χ0n) is 15.9. The third-order valence-corrected chi connectivity index (χ3v) is 4.27. The summed E-state index contributed by atoms with van der Waals surface area (Å²) in [7, 11) is 1.25. The lowest BCUT2D eigenvalue weighted by atomic mass is 10.1. The Labute approximate surface area is 168 Å². The Morgan fingerprint density at radius 3 is 2.07 bits per heavy atom. The van der Waals surface area contributed by atoms with Crippen LogP contribution in [0.25, 0.3) is 0 Å². The Hall–Kier alpha value is -3.93. The molecule has 29 heavy (non-hydrogen) atoms. The fraction of sp³-hybridized carbons (Fsp3) is 0.0870. The molecule has 0 atom stereocenters. The lowest BCUT2D eigenvalue weighted by molar-refractivity contribution is -0.134. The van der Waals surface area contributed by atoms with E-state index in [1.165, 1.54) is 18.1 Å². The molecular weight excluding hydrogens is 368 g/mol. The highest BCUT2D eigenvalue weighted by atomic mass is 16.5. The molecule has 1 N–H and O–H groups in total. The fourth-order valence-corrected chi connectivity index (χ4v) is 2.83. The van der Waals surface area contributed by atoms with E-state index in [0.29, 0.717) is 5.69 Å². The van der Waals surface area contributed by atoms with Crippen LogP contribution in [0.15, 0.2) is 84.9 Å². The van der Waals surface area contributed by atoms with Crippen molar-refractivity contribution in [2.45, 2.75) is 6.54 Å². The fourth-order valence-electron chi connectivity index (χ4n) is 2.83. The summed E-state index contributed by atoms with van der Waals surface area (Å²) in [6, 6.07) is 24.7. The number of rotatable bonds is 5. The van der Waals surface area contributed by atoms with E-state index in [1.54, 1.807) is 42.5 Å². The number of nitrogens with zero attached hydrogens (tertiary/aromatic N) is 1. The van der Waals surface area contributed by atoms with Crippen LogP contribution < -0.4 is 10.2 Å². The van der Waals surface area contributed by atoms with Crippen molar-refractivity contribution in [2.24, 2.45) is 0 Å². The first kappa shape index (κ1) is 19.8. The summed E-state index contributed by atoms with van der Waals surface area (Å²) >= 11 is 0. The van der Waals surface area contributed by atoms with Crippen molar-refractivity contribution in [2.75, 3.05) is 17.3 Å². The Morgan fingerprint density at radius 1 is 0.828 bits per heavy atom. The number of carbonyl (C=O) groups excluding carboxylic acids is 3. The Kier molecular flexibility index (Phi) is 6.37. The number of anilines is 2. The van der Waals surface area contributed by atoms with Gasteiger partial charge in [0.2, 0.25) is 0 Å². The summed E-state index contributed by atoms with van der Waals surface area (Å²) in [6.45, 7) is 0.232. The van der Waals surface area contributed by atoms with Gasteiger partial charge in [-0.25, -0.2) is 4.79 Å². The van der Waals surface area contributed by atoms with Gasteiger partial charge < -0.3 is 10.1 Å². The van der Waals surface area contributed by atoms with E-state index >= 15 is 0 Å². The van der Waals surface area contributed by atoms with Gasteiger partial charge in [-0.3, -0.25) is 14.5 Å². The van der Waals surface area contributed by atoms with E-state index in [0.717, 1.165) is 5.56 Å². The summed E-state index contributed by atoms with van der Waals surface area (Å²) < 4.78 is 4.73. The second-order valence-electron chi connectivity index (χ2n) is 6.20. The van der Waals surface area contributed by atoms with Crippen LogP contribution in [0.2, 0.25) is 0 Å². The van der Waals surface area contributed by atoms with Gasteiger partial charge in [0, 0.05) is 5.69 Å². The molecule has 0 radical (unpaired) electrons. The molecule has 6 nitrogen and oxygen atoms in total. The number of amides is 2. The molecule has 0 heterocycles. The summed E-state index contributed by atoms with van der Waals surface area (Å²) in [5.74, 6) is -2.18. The molecule has 0 saturated carbocycles. The van der Waals surface area contributed by atoms with Gasteiger partial charge in [0.15, 0.2) is 0 Å². The van der Waals surface area contributed by atoms with Crippen LogP contribution in [-0.2, 0) is 20.9 Å². The van der Waals surface area contributed by atoms with Crippen molar-refractivity contribution in [1.82, 2.24) is 0 Å². The predicted molar refractivity (Wildman–Crippen MR) is 110 cm³/mol. The summed E-state index contributed by atoms with van der Waals surface area (Å²) in [5, 5.41) is 2.53. The molecule has 0 aliphatic rings. The molecule has 0 bridgehead atoms. The van der Waals surface area contributed by atoms with Gasteiger partial charge in [0.25, 0.3) is 0 Å². The molecule has 146 valence electrons. The molecule has 0 aromatic heterocycles. The van der Waals surface area contributed by atoms with Crippen molar-refractivity contribution >= 4 is 29.2 Å². The maximum absolute atomic E-state index is 13.0. The van der Waals surface area contributed by atoms with Gasteiger partial charge in [0.1, 0.15) is 0 Å². The topological polar surface area (TPSA) is 75.7 Å². The molecule has 3 rings (SSSR count). The Bertz CT molecular complexity index is 1000. The molecule has 0 aliphatic heterocycles. The standard InChI is InChI=1S/C23H20N2O4/c1-29-23(28)19-14-8-9-15-20(19)24-21(26)22(27)25(18-12-6-3-7-13-18)16-17-10-4-2-5-11-17/h2-15H,16H2,1H3,(H,24,26). The third kappa shape index (κ3) is 4.87. The van der Waals surface area contributed by atoms with Crippen molar-refractivity contribution < 1.29 is 19.1 Å². The van der Waals surface area contributed by atoms with E-state index in [9.17, 15) is 14.4 Å². The second kappa shape index (κ2) is 9.32. The van der Waals surface area contributed by atoms with Gasteiger partial charge in [-0.2, -0.15) is 0 Å². The Morgan fingerprint density at radius 2 is 1.41 bits per heavy atom. The van der Waals surface area contributed by atoms with Crippen LogP contribution in [0.4, 0.5) is 11.4 Å². The molecule has 6 heteroatoms. The predicted octanol–water partition coefficient (Wildman–Crippen LogP) is 3.65. The normalized spacial score (nSPS) is 10.1. The van der Waals surface area contributed by atoms with Gasteiger partial charge >= 0.3 is 17.8 Å². The first-order valence-corrected chi connectivity index (χ1v) is 8.99. The minimum absolute atomic E-state index is 0.172. The van der Waals surface area contributed by atoms with E-state index in [-0.39, 0.29) is 17.8 Å². The molecule has 3 aromatic rings. The van der Waals surface area contributed by atoms with Crippen LogP contribution in [0.1, 0.15) is 15.9 Å². The lowest BCUT2D eigenvalue weighted by Crippen LogP contribution is -2.39. The average molecular weight is 388 g/mol. The van der Waals surface area contributed by atoms with E-state index in [1.807, 2.05) is 36.4 Å². The number of para-hydroxylation sites is 2. The first-order chi connectivity index (χ1) is 14.1. The van der Waals surface area contributed by atoms with Crippen LogP contribution in [-0.4, -0.2) is 24.9 Å². The first-order valence-electron chi connectivity index (χ1n) is 8.99. The maximum Gasteiger partial charge on any atom is 0.339 e. The minimum atomic E-state index is -0.846. The number of esters is 1. The molecule has 0 saturated heterocycles. The zero-order chi connectivity index (χ0) is 20.6. The third-order valence-electron chi connectivity index (χ3n) is 4.27. The number of benzene rings is 3. The highest BCUT2D eigenvalue weighted by molar-refractivity contribution is 6.44. The van der Waals surface area contributed by atoms with E-state index in [2.05, 4.69) is 5.32 Å².